The number of nitrogens with one attached hydrogen (secondary N) is 2. The van der Waals surface area contributed by atoms with Crippen LogP contribution < -0.4 is 15.4 Å². The van der Waals surface area contributed by atoms with E-state index in [-0.39, 0.29) is 17.6 Å². The van der Waals surface area contributed by atoms with Crippen molar-refractivity contribution in [3.63, 3.8) is 0 Å². The smallest absolute Gasteiger partial charge is 0.257 e. The van der Waals surface area contributed by atoms with E-state index < -0.39 is 0 Å². The highest BCUT2D eigenvalue weighted by Crippen LogP contribution is 2.26. The Morgan fingerprint density at radius 1 is 1.07 bits per heavy atom. The van der Waals surface area contributed by atoms with Gasteiger partial charge in [-0.2, -0.15) is 0 Å². The van der Waals surface area contributed by atoms with Crippen LogP contribution in [0.4, 0.5) is 10.8 Å². The Bertz CT molecular complexity index is 962. The minimum Gasteiger partial charge on any atom is -0.497 e. The van der Waals surface area contributed by atoms with Gasteiger partial charge in [-0.1, -0.05) is 34.7 Å². The second-order valence-corrected chi connectivity index (χ2v) is 8.04. The van der Waals surface area contributed by atoms with Gasteiger partial charge in [-0.3, -0.25) is 14.9 Å². The zero-order chi connectivity index (χ0) is 19.9. The number of nitrogens with zero attached hydrogens (tertiary/aromatic N) is 2. The molecule has 144 valence electrons. The lowest BCUT2D eigenvalue weighted by molar-refractivity contribution is -0.113. The number of halogens is 1. The molecule has 0 fully saturated rings. The van der Waals surface area contributed by atoms with E-state index in [4.69, 9.17) is 16.3 Å². The normalized spacial score (nSPS) is 10.4. The summed E-state index contributed by atoms with van der Waals surface area (Å²) in [4.78, 5) is 24.2. The largest absolute Gasteiger partial charge is 0.497 e. The number of benzene rings is 2. The van der Waals surface area contributed by atoms with E-state index in [9.17, 15) is 9.59 Å². The molecule has 1 heterocycles. The van der Waals surface area contributed by atoms with Crippen LogP contribution in [-0.2, 0) is 4.79 Å². The molecule has 7 nitrogen and oxygen atoms in total. The Morgan fingerprint density at radius 3 is 2.46 bits per heavy atom. The lowest BCUT2D eigenvalue weighted by Gasteiger charge is -2.05. The molecule has 2 N–H and O–H groups in total. The van der Waals surface area contributed by atoms with Gasteiger partial charge in [-0.25, -0.2) is 0 Å². The van der Waals surface area contributed by atoms with Gasteiger partial charge in [0.2, 0.25) is 11.0 Å². The summed E-state index contributed by atoms with van der Waals surface area (Å²) < 4.78 is 5.66. The monoisotopic (exact) mass is 434 g/mol. The van der Waals surface area contributed by atoms with E-state index in [0.717, 1.165) is 5.75 Å². The van der Waals surface area contributed by atoms with Crippen LogP contribution in [0, 0.1) is 0 Å². The number of methoxy groups -OCH3 is 1. The molecule has 10 heteroatoms. The molecule has 0 radical (unpaired) electrons. The zero-order valence-electron chi connectivity index (χ0n) is 14.6. The number of carbonyl (C=O) groups excluding carboxylic acids is 2. The van der Waals surface area contributed by atoms with Crippen molar-refractivity contribution in [2.45, 2.75) is 4.34 Å². The first-order chi connectivity index (χ1) is 13.5. The molecule has 2 amide bonds. The number of rotatable bonds is 7. The number of anilines is 2. The Balaban J connectivity index is 1.49. The highest BCUT2D eigenvalue weighted by Gasteiger charge is 2.12. The Kier molecular flexibility index (Phi) is 6.85. The summed E-state index contributed by atoms with van der Waals surface area (Å²) in [5.41, 5.74) is 1.15. The Labute approximate surface area is 174 Å². The quantitative estimate of drug-likeness (QED) is 0.428. The number of carbonyl (C=O) groups is 2. The molecule has 0 atom stereocenters. The van der Waals surface area contributed by atoms with Gasteiger partial charge in [0.1, 0.15) is 5.75 Å². The van der Waals surface area contributed by atoms with Gasteiger partial charge in [0.05, 0.1) is 12.9 Å². The van der Waals surface area contributed by atoms with Gasteiger partial charge < -0.3 is 10.1 Å². The van der Waals surface area contributed by atoms with Gasteiger partial charge in [0, 0.05) is 16.3 Å². The van der Waals surface area contributed by atoms with Crippen LogP contribution in [-0.4, -0.2) is 34.9 Å². The van der Waals surface area contributed by atoms with E-state index in [0.29, 0.717) is 25.7 Å². The Morgan fingerprint density at radius 2 is 1.79 bits per heavy atom. The lowest BCUT2D eigenvalue weighted by atomic mass is 10.2. The average molecular weight is 435 g/mol. The van der Waals surface area contributed by atoms with Crippen LogP contribution in [0.2, 0.25) is 5.02 Å². The summed E-state index contributed by atoms with van der Waals surface area (Å²) in [6, 6.07) is 13.6. The highest BCUT2D eigenvalue weighted by atomic mass is 35.5. The van der Waals surface area contributed by atoms with E-state index in [1.807, 2.05) is 0 Å². The molecule has 0 unspecified atom stereocenters. The zero-order valence-corrected chi connectivity index (χ0v) is 17.0. The number of amides is 2. The van der Waals surface area contributed by atoms with Gasteiger partial charge in [0.15, 0.2) is 4.34 Å². The maximum Gasteiger partial charge on any atom is 0.257 e. The number of aromatic nitrogens is 2. The molecule has 3 aromatic rings. The molecule has 0 aliphatic rings. The predicted molar refractivity (Wildman–Crippen MR) is 112 cm³/mol. The van der Waals surface area contributed by atoms with Crippen molar-refractivity contribution in [3.05, 3.63) is 59.1 Å². The fourth-order valence-corrected chi connectivity index (χ4v) is 3.76. The maximum atomic E-state index is 12.2. The van der Waals surface area contributed by atoms with Gasteiger partial charge in [0.25, 0.3) is 5.91 Å². The van der Waals surface area contributed by atoms with Crippen LogP contribution in [0.5, 0.6) is 5.75 Å². The molecule has 3 rings (SSSR count). The van der Waals surface area contributed by atoms with Crippen molar-refractivity contribution >= 4 is 57.3 Å². The minimum absolute atomic E-state index is 0.169. The number of ether oxygens (including phenoxy) is 1. The summed E-state index contributed by atoms with van der Waals surface area (Å²) in [5.74, 6) is 0.416. The van der Waals surface area contributed by atoms with Crippen molar-refractivity contribution in [2.75, 3.05) is 23.5 Å². The summed E-state index contributed by atoms with van der Waals surface area (Å²) in [5, 5.41) is 14.3. The highest BCUT2D eigenvalue weighted by molar-refractivity contribution is 8.01. The molecular weight excluding hydrogens is 420 g/mol. The fourth-order valence-electron chi connectivity index (χ4n) is 2.09. The maximum absolute atomic E-state index is 12.2. The molecule has 0 spiro atoms. The SMILES string of the molecule is COc1ccc(NC(=O)CSc2nnc(NC(=O)c3ccc(Cl)cc3)s2)cc1. The number of hydrogen-bond acceptors (Lipinski definition) is 7. The summed E-state index contributed by atoms with van der Waals surface area (Å²) in [6.07, 6.45) is 0. The van der Waals surface area contributed by atoms with Crippen LogP contribution in [0.1, 0.15) is 10.4 Å². The van der Waals surface area contributed by atoms with E-state index in [1.54, 1.807) is 55.6 Å². The Hall–Kier alpha value is -2.62. The first-order valence-electron chi connectivity index (χ1n) is 8.00. The van der Waals surface area contributed by atoms with Crippen LogP contribution in [0.3, 0.4) is 0 Å². The molecule has 0 aliphatic carbocycles. The second-order valence-electron chi connectivity index (χ2n) is 5.40. The molecular formula is C18H15ClN4O3S2. The standard InChI is InChI=1S/C18H15ClN4O3S2/c1-26-14-8-6-13(7-9-14)20-15(24)10-27-18-23-22-17(28-18)21-16(25)11-2-4-12(19)5-3-11/h2-9H,10H2,1H3,(H,20,24)(H,21,22,25). The van der Waals surface area contributed by atoms with E-state index in [1.165, 1.54) is 23.1 Å². The molecule has 0 saturated heterocycles. The minimum atomic E-state index is -0.304. The fraction of sp³-hybridized carbons (Fsp3) is 0.111. The molecule has 0 bridgehead atoms. The van der Waals surface area contributed by atoms with Gasteiger partial charge >= 0.3 is 0 Å². The predicted octanol–water partition coefficient (Wildman–Crippen LogP) is 4.18. The molecule has 2 aromatic carbocycles. The van der Waals surface area contributed by atoms with Crippen LogP contribution in [0.15, 0.2) is 52.9 Å². The topological polar surface area (TPSA) is 93.2 Å². The van der Waals surface area contributed by atoms with E-state index >= 15 is 0 Å². The lowest BCUT2D eigenvalue weighted by Crippen LogP contribution is -2.13. The van der Waals surface area contributed by atoms with Gasteiger partial charge in [-0.15, -0.1) is 10.2 Å². The van der Waals surface area contributed by atoms with Crippen LogP contribution >= 0.6 is 34.7 Å². The third-order valence-corrected chi connectivity index (χ3v) is 5.66. The van der Waals surface area contributed by atoms with Crippen molar-refractivity contribution in [1.29, 1.82) is 0 Å². The summed E-state index contributed by atoms with van der Waals surface area (Å²) >= 11 is 8.25. The first kappa shape index (κ1) is 20.1. The summed E-state index contributed by atoms with van der Waals surface area (Å²) in [6.45, 7) is 0. The number of thioether (sulfide) groups is 1. The van der Waals surface area contributed by atoms with Crippen LogP contribution in [0.25, 0.3) is 0 Å². The molecule has 0 saturated carbocycles. The van der Waals surface area contributed by atoms with Crippen molar-refractivity contribution < 1.29 is 14.3 Å². The van der Waals surface area contributed by atoms with Gasteiger partial charge in [-0.05, 0) is 48.5 Å². The van der Waals surface area contributed by atoms with E-state index in [2.05, 4.69) is 20.8 Å². The summed E-state index contributed by atoms with van der Waals surface area (Å²) in [7, 11) is 1.58. The van der Waals surface area contributed by atoms with Crippen molar-refractivity contribution in [2.24, 2.45) is 0 Å². The average Bonchev–Trinajstić information content (AvgIpc) is 3.15. The second kappa shape index (κ2) is 9.54. The van der Waals surface area contributed by atoms with Crippen molar-refractivity contribution in [3.8, 4) is 5.75 Å². The molecule has 28 heavy (non-hydrogen) atoms. The molecule has 1 aromatic heterocycles. The number of hydrogen-bond donors (Lipinski definition) is 2. The van der Waals surface area contributed by atoms with Crippen molar-refractivity contribution in [1.82, 2.24) is 10.2 Å². The third kappa shape index (κ3) is 5.69. The molecule has 0 aliphatic heterocycles. The third-order valence-electron chi connectivity index (χ3n) is 3.43. The first-order valence-corrected chi connectivity index (χ1v) is 10.2.